The van der Waals surface area contributed by atoms with Crippen LogP contribution in [0.5, 0.6) is 0 Å². The molecule has 9 rings (SSSR count). The average molecular weight is 970 g/mol. The Hall–Kier alpha value is -3.27. The van der Waals surface area contributed by atoms with E-state index in [1.165, 1.54) is 5.57 Å². The molecule has 1 aromatic heterocycles. The van der Waals surface area contributed by atoms with Gasteiger partial charge in [-0.15, -0.1) is 0 Å². The number of nitrogens with zero attached hydrogens (tertiary/aromatic N) is 3. The molecule has 6 aliphatic carbocycles. The number of carbonyl (C=O) groups is 3. The van der Waals surface area contributed by atoms with Crippen LogP contribution < -0.4 is 0 Å². The number of esters is 1. The van der Waals surface area contributed by atoms with Crippen LogP contribution in [-0.2, 0) is 39.3 Å². The van der Waals surface area contributed by atoms with E-state index >= 15 is 4.79 Å². The number of carboxylic acid groups (broad SMARTS) is 1. The van der Waals surface area contributed by atoms with Gasteiger partial charge in [-0.25, -0.2) is 4.98 Å². The van der Waals surface area contributed by atoms with Gasteiger partial charge in [0.25, 0.3) is 0 Å². The van der Waals surface area contributed by atoms with Gasteiger partial charge in [-0.2, -0.15) is 0 Å². The van der Waals surface area contributed by atoms with Gasteiger partial charge in [-0.05, 0) is 155 Å². The van der Waals surface area contributed by atoms with Crippen molar-refractivity contribution in [3.05, 3.63) is 54.5 Å². The molecular weight excluding hydrogens is 886 g/mol. The Bertz CT molecular complexity index is 2350. The van der Waals surface area contributed by atoms with Gasteiger partial charge in [0.05, 0.1) is 48.4 Å². The van der Waals surface area contributed by atoms with E-state index in [1.807, 2.05) is 45.9 Å². The zero-order valence-electron chi connectivity index (χ0n) is 43.7. The Morgan fingerprint density at radius 3 is 2.19 bits per heavy atom. The molecule has 0 spiro atoms. The fraction of sp³-hybridized carbons (Fsp3) is 0.754. The standard InChI is InChI=1S/C57H84N3O8P/c1-12-66-69(65,67-13-2)33-32-59-35-42(37-18-15-14-16-19-37)58-48(59)43-20-17-31-60(43)51(64)57-28-23-38(36(3)4)47(57)39-21-22-45-54(9)26-25-46(68-50(63)41-34-40(49(61)62)52(41,5)6)53(7,8)44(54)24-27-56(45,11)55(39,10)29-30-57/h14-16,18-19,35,38-41,43-47H,3,12-13,17,20-34H2,1-2,4-11H3,(H,61,62)/t38-,39+,40-,41+,43-,44-,45+,46-,47+,54-,55+,56+,57-/m0/s1. The maximum Gasteiger partial charge on any atom is 0.332 e. The SMILES string of the molecule is C=C(C)[C@@H]1CC[C@]2(C(=O)N3CCC[C@H]3c3nc(-c4ccccc4)cn3CCP(=O)(OCC)OCC)CC[C@]3(C)[C@H](CC[C@@H]4[C@@]5(C)CC[C@H](OC(=O)[C@H]6C[C@@H](C(=O)O)C6(C)C)C(C)(C)[C@@H]5CC[C@]43C)[C@@H]12. The Morgan fingerprint density at radius 1 is 0.826 bits per heavy atom. The number of ether oxygens (including phenoxy) is 1. The van der Waals surface area contributed by atoms with Crippen LogP contribution in [0.4, 0.5) is 0 Å². The van der Waals surface area contributed by atoms with Crippen molar-refractivity contribution in [2.45, 2.75) is 171 Å². The smallest absolute Gasteiger partial charge is 0.332 e. The van der Waals surface area contributed by atoms with Crippen molar-refractivity contribution in [3.63, 3.8) is 0 Å². The molecule has 0 unspecified atom stereocenters. The second kappa shape index (κ2) is 18.0. The molecular formula is C57H84N3O8P. The highest BCUT2D eigenvalue weighted by Crippen LogP contribution is 2.78. The van der Waals surface area contributed by atoms with Gasteiger partial charge < -0.3 is 28.4 Å². The minimum absolute atomic E-state index is 0.0423. The first kappa shape index (κ1) is 50.7. The van der Waals surface area contributed by atoms with Crippen molar-refractivity contribution in [3.8, 4) is 11.3 Å². The van der Waals surface area contributed by atoms with Crippen LogP contribution in [0.25, 0.3) is 11.3 Å². The van der Waals surface area contributed by atoms with Crippen LogP contribution in [-0.4, -0.2) is 69.4 Å². The summed E-state index contributed by atoms with van der Waals surface area (Å²) in [5, 5.41) is 9.76. The number of hydrogen-bond acceptors (Lipinski definition) is 8. The Labute approximate surface area is 413 Å². The molecule has 6 saturated carbocycles. The summed E-state index contributed by atoms with van der Waals surface area (Å²) in [6.07, 6.45) is 14.3. The number of hydrogen-bond donors (Lipinski definition) is 1. The van der Waals surface area contributed by atoms with Gasteiger partial charge in [0.2, 0.25) is 5.91 Å². The lowest BCUT2D eigenvalue weighted by molar-refractivity contribution is -0.251. The van der Waals surface area contributed by atoms with Crippen molar-refractivity contribution in [2.75, 3.05) is 25.9 Å². The quantitative estimate of drug-likeness (QED) is 0.111. The van der Waals surface area contributed by atoms with Gasteiger partial charge >= 0.3 is 19.5 Å². The number of fused-ring (bicyclic) bond motifs is 7. The van der Waals surface area contributed by atoms with Crippen molar-refractivity contribution in [1.29, 1.82) is 0 Å². The van der Waals surface area contributed by atoms with E-state index in [0.717, 1.165) is 94.1 Å². The summed E-state index contributed by atoms with van der Waals surface area (Å²) in [5.41, 5.74) is 1.97. The topological polar surface area (TPSA) is 137 Å². The third-order valence-corrected chi connectivity index (χ3v) is 23.5. The van der Waals surface area contributed by atoms with Crippen molar-refractivity contribution in [1.82, 2.24) is 14.5 Å². The lowest BCUT2D eigenvalue weighted by Gasteiger charge is -2.73. The van der Waals surface area contributed by atoms with Crippen LogP contribution in [0, 0.1) is 73.9 Å². The number of likely N-dealkylation sites (tertiary alicyclic amines) is 1. The first-order valence-electron chi connectivity index (χ1n) is 26.9. The zero-order valence-corrected chi connectivity index (χ0v) is 44.6. The molecule has 13 atom stereocenters. The van der Waals surface area contributed by atoms with Gasteiger partial charge in [0.15, 0.2) is 0 Å². The van der Waals surface area contributed by atoms with Crippen LogP contribution in [0.2, 0.25) is 0 Å². The number of aliphatic carboxylic acids is 1. The highest BCUT2D eigenvalue weighted by Gasteiger charge is 2.73. The molecule has 380 valence electrons. The summed E-state index contributed by atoms with van der Waals surface area (Å²) in [5.74, 6) is 1.02. The molecule has 7 aliphatic rings. The second-order valence-electron chi connectivity index (χ2n) is 25.0. The fourth-order valence-corrected chi connectivity index (χ4v) is 19.2. The predicted molar refractivity (Wildman–Crippen MR) is 269 cm³/mol. The van der Waals surface area contributed by atoms with E-state index in [2.05, 4.69) is 75.9 Å². The summed E-state index contributed by atoms with van der Waals surface area (Å²) in [4.78, 5) is 49.3. The van der Waals surface area contributed by atoms with E-state index in [9.17, 15) is 19.3 Å². The summed E-state index contributed by atoms with van der Waals surface area (Å²) in [6, 6.07) is 10.0. The van der Waals surface area contributed by atoms with E-state index in [1.54, 1.807) is 0 Å². The number of amides is 1. The number of aromatic nitrogens is 2. The van der Waals surface area contributed by atoms with Gasteiger partial charge in [0, 0.05) is 30.3 Å². The van der Waals surface area contributed by atoms with E-state index in [0.29, 0.717) is 62.3 Å². The number of imidazole rings is 1. The summed E-state index contributed by atoms with van der Waals surface area (Å²) >= 11 is 0. The molecule has 1 saturated heterocycles. The predicted octanol–water partition coefficient (Wildman–Crippen LogP) is 12.8. The van der Waals surface area contributed by atoms with Crippen LogP contribution in [0.3, 0.4) is 0 Å². The number of carbonyl (C=O) groups excluding carboxylic acids is 2. The second-order valence-corrected chi connectivity index (χ2v) is 27.2. The molecule has 69 heavy (non-hydrogen) atoms. The van der Waals surface area contributed by atoms with Gasteiger partial charge in [0.1, 0.15) is 11.9 Å². The molecule has 0 radical (unpaired) electrons. The van der Waals surface area contributed by atoms with Gasteiger partial charge in [-0.1, -0.05) is 91.0 Å². The molecule has 2 heterocycles. The average Bonchev–Trinajstić information content (AvgIpc) is 4.05. The highest BCUT2D eigenvalue weighted by molar-refractivity contribution is 7.53. The maximum absolute atomic E-state index is 16.0. The van der Waals surface area contributed by atoms with E-state index in [4.69, 9.17) is 18.8 Å². The Kier molecular flexibility index (Phi) is 13.2. The Balaban J connectivity index is 0.985. The Morgan fingerprint density at radius 2 is 1.54 bits per heavy atom. The maximum atomic E-state index is 16.0. The molecule has 2 aromatic rings. The monoisotopic (exact) mass is 970 g/mol. The van der Waals surface area contributed by atoms with Crippen LogP contribution in [0.15, 0.2) is 48.7 Å². The van der Waals surface area contributed by atoms with Gasteiger partial charge in [-0.3, -0.25) is 18.9 Å². The molecule has 11 nitrogen and oxygen atoms in total. The van der Waals surface area contributed by atoms with E-state index in [-0.39, 0.29) is 57.8 Å². The number of aryl methyl sites for hydroxylation is 1. The van der Waals surface area contributed by atoms with Crippen molar-refractivity contribution >= 4 is 25.4 Å². The first-order valence-corrected chi connectivity index (χ1v) is 28.7. The summed E-state index contributed by atoms with van der Waals surface area (Å²) < 4.78 is 33.9. The lowest BCUT2D eigenvalue weighted by Crippen LogP contribution is -2.67. The van der Waals surface area contributed by atoms with Crippen LogP contribution >= 0.6 is 7.60 Å². The first-order chi connectivity index (χ1) is 32.5. The molecule has 1 aliphatic heterocycles. The number of allylic oxidation sites excluding steroid dienone is 1. The normalized spacial score (nSPS) is 38.8. The summed E-state index contributed by atoms with van der Waals surface area (Å²) in [6.45, 7) is 28.6. The lowest BCUT2D eigenvalue weighted by atomic mass is 9.32. The molecule has 0 bridgehead atoms. The molecule has 12 heteroatoms. The minimum atomic E-state index is -3.33. The minimum Gasteiger partial charge on any atom is -0.481 e. The summed E-state index contributed by atoms with van der Waals surface area (Å²) in [7, 11) is -3.33. The largest absolute Gasteiger partial charge is 0.481 e. The zero-order chi connectivity index (χ0) is 49.7. The number of carboxylic acids is 1. The number of benzene rings is 1. The molecule has 1 aromatic carbocycles. The van der Waals surface area contributed by atoms with Crippen molar-refractivity contribution < 1.29 is 37.8 Å². The third kappa shape index (κ3) is 7.89. The fourth-order valence-electron chi connectivity index (χ4n) is 17.6. The molecule has 7 fully saturated rings. The number of rotatable bonds is 14. The van der Waals surface area contributed by atoms with E-state index < -0.39 is 30.3 Å². The highest BCUT2D eigenvalue weighted by atomic mass is 31.2. The van der Waals surface area contributed by atoms with Crippen LogP contribution in [0.1, 0.15) is 165 Å². The van der Waals surface area contributed by atoms with Crippen molar-refractivity contribution in [2.24, 2.45) is 73.9 Å². The third-order valence-electron chi connectivity index (χ3n) is 21.5. The molecule has 1 N–H and O–H groups in total. The molecule has 1 amide bonds.